The molecule has 0 amide bonds. The van der Waals surface area contributed by atoms with Crippen LogP contribution >= 0.6 is 11.6 Å². The molecule has 0 saturated carbocycles. The van der Waals surface area contributed by atoms with Gasteiger partial charge in [-0.1, -0.05) is 30.2 Å². The van der Waals surface area contributed by atoms with Crippen molar-refractivity contribution in [2.75, 3.05) is 6.54 Å². The number of nitrogens with one attached hydrogen (secondary N) is 1. The maximum absolute atomic E-state index is 13.1. The molecule has 0 aliphatic carbocycles. The molecule has 6 heteroatoms. The van der Waals surface area contributed by atoms with Gasteiger partial charge in [-0.05, 0) is 43.1 Å². The highest BCUT2D eigenvalue weighted by atomic mass is 35.5. The molecular weight excluding hydrogens is 327 g/mol. The summed E-state index contributed by atoms with van der Waals surface area (Å²) in [6.07, 6.45) is 5.02. The Morgan fingerprint density at radius 2 is 2.08 bits per heavy atom. The van der Waals surface area contributed by atoms with Crippen molar-refractivity contribution in [3.05, 3.63) is 58.8 Å². The number of imidazole rings is 1. The van der Waals surface area contributed by atoms with E-state index in [2.05, 4.69) is 14.9 Å². The second kappa shape index (κ2) is 6.49. The molecule has 0 bridgehead atoms. The molecule has 0 spiro atoms. The summed E-state index contributed by atoms with van der Waals surface area (Å²) in [4.78, 5) is 14.7. The van der Waals surface area contributed by atoms with Gasteiger partial charge in [0.25, 0.3) is 0 Å². The molecule has 24 heavy (non-hydrogen) atoms. The lowest BCUT2D eigenvalue weighted by molar-refractivity contribution is 0.134. The average molecular weight is 345 g/mol. The van der Waals surface area contributed by atoms with Gasteiger partial charge in [0.15, 0.2) is 5.65 Å². The summed E-state index contributed by atoms with van der Waals surface area (Å²) >= 11 is 6.01. The smallest absolute Gasteiger partial charge is 0.157 e. The van der Waals surface area contributed by atoms with Gasteiger partial charge in [0, 0.05) is 12.7 Å². The first-order chi connectivity index (χ1) is 11.7. The van der Waals surface area contributed by atoms with Crippen molar-refractivity contribution in [3.63, 3.8) is 0 Å². The molecule has 1 aliphatic rings. The van der Waals surface area contributed by atoms with E-state index in [1.54, 1.807) is 6.20 Å². The third-order valence-corrected chi connectivity index (χ3v) is 4.76. The van der Waals surface area contributed by atoms with Crippen LogP contribution in [0.1, 0.15) is 36.7 Å². The predicted octanol–water partition coefficient (Wildman–Crippen LogP) is 4.48. The largest absolute Gasteiger partial charge is 0.325 e. The van der Waals surface area contributed by atoms with Crippen LogP contribution < -0.4 is 0 Å². The number of benzene rings is 1. The van der Waals surface area contributed by atoms with Crippen molar-refractivity contribution in [2.45, 2.75) is 31.8 Å². The van der Waals surface area contributed by atoms with E-state index in [9.17, 15) is 4.39 Å². The maximum atomic E-state index is 13.1. The van der Waals surface area contributed by atoms with E-state index < -0.39 is 0 Å². The first-order valence-electron chi connectivity index (χ1n) is 8.19. The number of hydrogen-bond acceptors (Lipinski definition) is 3. The van der Waals surface area contributed by atoms with Gasteiger partial charge < -0.3 is 4.98 Å². The Balaban J connectivity index is 1.61. The van der Waals surface area contributed by atoms with E-state index in [4.69, 9.17) is 16.6 Å². The van der Waals surface area contributed by atoms with Crippen molar-refractivity contribution in [2.24, 2.45) is 0 Å². The number of aromatic amines is 1. The highest BCUT2D eigenvalue weighted by Gasteiger charge is 2.26. The summed E-state index contributed by atoms with van der Waals surface area (Å²) in [5, 5.41) is 0.590. The molecule has 3 heterocycles. The van der Waals surface area contributed by atoms with Crippen molar-refractivity contribution in [1.29, 1.82) is 0 Å². The molecule has 1 N–H and O–H groups in total. The number of piperidine rings is 1. The summed E-state index contributed by atoms with van der Waals surface area (Å²) in [7, 11) is 0. The minimum absolute atomic E-state index is 0.200. The van der Waals surface area contributed by atoms with Crippen LogP contribution in [0.25, 0.3) is 11.2 Å². The number of aromatic nitrogens is 3. The van der Waals surface area contributed by atoms with Gasteiger partial charge in [0.05, 0.1) is 11.1 Å². The van der Waals surface area contributed by atoms with Crippen LogP contribution in [0.4, 0.5) is 4.39 Å². The number of H-pyrrole nitrogens is 1. The molecule has 1 unspecified atom stereocenters. The minimum Gasteiger partial charge on any atom is -0.325 e. The number of nitrogens with zero attached hydrogens (tertiary/aromatic N) is 3. The number of hydrogen-bond donors (Lipinski definition) is 1. The molecule has 1 saturated heterocycles. The summed E-state index contributed by atoms with van der Waals surface area (Å²) in [5.74, 6) is 0.732. The Labute approximate surface area is 144 Å². The molecule has 1 atom stereocenters. The van der Waals surface area contributed by atoms with Crippen LogP contribution in [0, 0.1) is 5.82 Å². The number of halogens is 2. The normalized spacial score (nSPS) is 19.0. The second-order valence-electron chi connectivity index (χ2n) is 6.25. The highest BCUT2D eigenvalue weighted by Crippen LogP contribution is 2.31. The van der Waals surface area contributed by atoms with Crippen molar-refractivity contribution in [1.82, 2.24) is 19.9 Å². The molecule has 3 aromatic rings. The topological polar surface area (TPSA) is 44.8 Å². The van der Waals surface area contributed by atoms with Gasteiger partial charge in [0.2, 0.25) is 0 Å². The van der Waals surface area contributed by atoms with Gasteiger partial charge in [-0.2, -0.15) is 0 Å². The van der Waals surface area contributed by atoms with Gasteiger partial charge in [0.1, 0.15) is 17.2 Å². The lowest BCUT2D eigenvalue weighted by atomic mass is 10.0. The molecular formula is C18H18ClFN4. The number of pyridine rings is 1. The Bertz CT molecular complexity index is 846. The third kappa shape index (κ3) is 3.14. The number of rotatable bonds is 3. The van der Waals surface area contributed by atoms with E-state index in [0.29, 0.717) is 5.02 Å². The van der Waals surface area contributed by atoms with Crippen LogP contribution in [-0.2, 0) is 6.54 Å². The summed E-state index contributed by atoms with van der Waals surface area (Å²) in [6.45, 7) is 1.80. The van der Waals surface area contributed by atoms with Gasteiger partial charge in [-0.3, -0.25) is 4.90 Å². The summed E-state index contributed by atoms with van der Waals surface area (Å²) < 4.78 is 13.1. The van der Waals surface area contributed by atoms with Crippen LogP contribution in [-0.4, -0.2) is 26.4 Å². The zero-order chi connectivity index (χ0) is 16.5. The minimum atomic E-state index is -0.200. The zero-order valence-corrected chi connectivity index (χ0v) is 13.9. The molecule has 1 aliphatic heterocycles. The molecule has 124 valence electrons. The maximum Gasteiger partial charge on any atom is 0.157 e. The fourth-order valence-electron chi connectivity index (χ4n) is 3.36. The summed E-state index contributed by atoms with van der Waals surface area (Å²) in [6, 6.07) is 8.78. The molecule has 0 radical (unpaired) electrons. The second-order valence-corrected chi connectivity index (χ2v) is 6.69. The Hall–Kier alpha value is -1.98. The SMILES string of the molecule is Fc1ccc(CN2CCCCC2c2nc3cc(Cl)cnc3[nH]2)cc1. The molecule has 1 aromatic carbocycles. The summed E-state index contributed by atoms with van der Waals surface area (Å²) in [5.41, 5.74) is 2.67. The zero-order valence-electron chi connectivity index (χ0n) is 13.2. The average Bonchev–Trinajstić information content (AvgIpc) is 3.00. The first-order valence-corrected chi connectivity index (χ1v) is 8.56. The predicted molar refractivity (Wildman–Crippen MR) is 92.3 cm³/mol. The van der Waals surface area contributed by atoms with Crippen molar-refractivity contribution in [3.8, 4) is 0 Å². The van der Waals surface area contributed by atoms with Gasteiger partial charge in [-0.15, -0.1) is 0 Å². The molecule has 2 aromatic heterocycles. The van der Waals surface area contributed by atoms with Crippen molar-refractivity contribution >= 4 is 22.8 Å². The van der Waals surface area contributed by atoms with E-state index in [1.807, 2.05) is 18.2 Å². The van der Waals surface area contributed by atoms with E-state index in [0.717, 1.165) is 42.1 Å². The van der Waals surface area contributed by atoms with Crippen LogP contribution in [0.3, 0.4) is 0 Å². The quantitative estimate of drug-likeness (QED) is 0.762. The highest BCUT2D eigenvalue weighted by molar-refractivity contribution is 6.31. The number of fused-ring (bicyclic) bond motifs is 1. The standard InChI is InChI=1S/C18H18ClFN4/c19-13-9-15-17(21-10-13)23-18(22-15)16-3-1-2-8-24(16)11-12-4-6-14(20)7-5-12/h4-7,9-10,16H,1-3,8,11H2,(H,21,22,23). The van der Waals surface area contributed by atoms with E-state index in [1.165, 1.54) is 25.0 Å². The third-order valence-electron chi connectivity index (χ3n) is 4.55. The lowest BCUT2D eigenvalue weighted by Gasteiger charge is -2.34. The van der Waals surface area contributed by atoms with Gasteiger partial charge >= 0.3 is 0 Å². The van der Waals surface area contributed by atoms with Crippen LogP contribution in [0.15, 0.2) is 36.5 Å². The van der Waals surface area contributed by atoms with Crippen LogP contribution in [0.2, 0.25) is 5.02 Å². The monoisotopic (exact) mass is 344 g/mol. The van der Waals surface area contributed by atoms with E-state index >= 15 is 0 Å². The Morgan fingerprint density at radius 3 is 2.92 bits per heavy atom. The fourth-order valence-corrected chi connectivity index (χ4v) is 3.51. The Kier molecular flexibility index (Phi) is 4.21. The van der Waals surface area contributed by atoms with Crippen LogP contribution in [0.5, 0.6) is 0 Å². The first kappa shape index (κ1) is 15.5. The molecule has 1 fully saturated rings. The lowest BCUT2D eigenvalue weighted by Crippen LogP contribution is -2.33. The molecule has 4 rings (SSSR count). The van der Waals surface area contributed by atoms with Gasteiger partial charge in [-0.25, -0.2) is 14.4 Å². The van der Waals surface area contributed by atoms with Crippen molar-refractivity contribution < 1.29 is 4.39 Å². The fraction of sp³-hybridized carbons (Fsp3) is 0.333. The molecule has 4 nitrogen and oxygen atoms in total. The number of likely N-dealkylation sites (tertiary alicyclic amines) is 1. The Morgan fingerprint density at radius 1 is 1.25 bits per heavy atom. The van der Waals surface area contributed by atoms with E-state index in [-0.39, 0.29) is 11.9 Å².